The molecule has 3 nitrogen and oxygen atoms in total. The Morgan fingerprint density at radius 2 is 2.23 bits per heavy atom. The van der Waals surface area contributed by atoms with E-state index in [-0.39, 0.29) is 0 Å². The van der Waals surface area contributed by atoms with Crippen LogP contribution in [0.25, 0.3) is 0 Å². The molecule has 0 bridgehead atoms. The van der Waals surface area contributed by atoms with Crippen LogP contribution in [0.5, 0.6) is 0 Å². The quantitative estimate of drug-likeness (QED) is 0.594. The molecular weight excluding hydrogens is 166 g/mol. The van der Waals surface area contributed by atoms with Gasteiger partial charge in [-0.3, -0.25) is 0 Å². The maximum Gasteiger partial charge on any atom is 0.328 e. The molecule has 0 radical (unpaired) electrons. The minimum Gasteiger partial charge on any atom is -0.478 e. The van der Waals surface area contributed by atoms with Gasteiger partial charge in [0.25, 0.3) is 0 Å². The molecule has 76 valence electrons. The van der Waals surface area contributed by atoms with Crippen LogP contribution < -0.4 is 5.32 Å². The number of hydrogen-bond acceptors (Lipinski definition) is 2. The zero-order chi connectivity index (χ0) is 10.1. The smallest absolute Gasteiger partial charge is 0.328 e. The van der Waals surface area contributed by atoms with Crippen LogP contribution in [0.3, 0.4) is 0 Å². The maximum absolute atomic E-state index is 10.1. The van der Waals surface area contributed by atoms with Gasteiger partial charge in [0.15, 0.2) is 0 Å². The molecule has 1 atom stereocenters. The molecule has 0 aliphatic rings. The first-order chi connectivity index (χ1) is 6.20. The third-order valence-corrected chi connectivity index (χ3v) is 1.91. The van der Waals surface area contributed by atoms with E-state index in [1.54, 1.807) is 6.08 Å². The van der Waals surface area contributed by atoms with Crippen molar-refractivity contribution in [1.29, 1.82) is 0 Å². The van der Waals surface area contributed by atoms with E-state index in [4.69, 9.17) is 5.11 Å². The molecule has 3 heteroatoms. The van der Waals surface area contributed by atoms with Gasteiger partial charge in [0.1, 0.15) is 0 Å². The van der Waals surface area contributed by atoms with Crippen molar-refractivity contribution in [2.45, 2.75) is 39.2 Å². The lowest BCUT2D eigenvalue weighted by Crippen LogP contribution is -2.28. The second kappa shape index (κ2) is 7.80. The molecule has 0 aromatic heterocycles. The number of aliphatic carboxylic acids is 1. The number of carboxylic acids is 1. The van der Waals surface area contributed by atoms with Crippen molar-refractivity contribution in [2.24, 2.45) is 0 Å². The van der Waals surface area contributed by atoms with Gasteiger partial charge in [0, 0.05) is 18.7 Å². The molecule has 0 aliphatic carbocycles. The summed E-state index contributed by atoms with van der Waals surface area (Å²) in [4.78, 5) is 10.1. The van der Waals surface area contributed by atoms with Gasteiger partial charge in [-0.1, -0.05) is 26.3 Å². The first kappa shape index (κ1) is 12.2. The van der Waals surface area contributed by atoms with Gasteiger partial charge in [-0.2, -0.15) is 0 Å². The number of carbonyl (C=O) groups is 1. The van der Waals surface area contributed by atoms with Gasteiger partial charge < -0.3 is 10.4 Å². The monoisotopic (exact) mass is 185 g/mol. The fourth-order valence-electron chi connectivity index (χ4n) is 1.19. The van der Waals surface area contributed by atoms with Crippen LogP contribution in [0, 0.1) is 0 Å². The summed E-state index contributed by atoms with van der Waals surface area (Å²) in [6, 6.07) is 0.517. The Labute approximate surface area is 79.8 Å². The number of hydrogen-bond donors (Lipinski definition) is 2. The second-order valence-corrected chi connectivity index (χ2v) is 3.04. The zero-order valence-corrected chi connectivity index (χ0v) is 8.42. The number of rotatable bonds is 7. The van der Waals surface area contributed by atoms with Crippen LogP contribution >= 0.6 is 0 Å². The largest absolute Gasteiger partial charge is 0.478 e. The Morgan fingerprint density at radius 3 is 2.69 bits per heavy atom. The van der Waals surface area contributed by atoms with Crippen molar-refractivity contribution in [3.63, 3.8) is 0 Å². The van der Waals surface area contributed by atoms with Crippen LogP contribution in [0.4, 0.5) is 0 Å². The normalized spacial score (nSPS) is 13.4. The second-order valence-electron chi connectivity index (χ2n) is 3.04. The van der Waals surface area contributed by atoms with Crippen LogP contribution in [0.1, 0.15) is 33.1 Å². The fraction of sp³-hybridized carbons (Fsp3) is 0.700. The molecule has 0 spiro atoms. The molecule has 0 aromatic rings. The summed E-state index contributed by atoms with van der Waals surface area (Å²) in [5.74, 6) is -0.884. The minimum absolute atomic E-state index is 0.517. The minimum atomic E-state index is -0.884. The van der Waals surface area contributed by atoms with Crippen molar-refractivity contribution in [1.82, 2.24) is 5.32 Å². The third-order valence-electron chi connectivity index (χ3n) is 1.91. The zero-order valence-electron chi connectivity index (χ0n) is 8.42. The highest BCUT2D eigenvalue weighted by molar-refractivity contribution is 5.79. The standard InChI is InChI=1S/C10H19NO2/c1-3-6-9(4-2)11-8-5-7-10(12)13/h5,7,9,11H,3-4,6,8H2,1-2H3,(H,12,13)/b7-5+. The summed E-state index contributed by atoms with van der Waals surface area (Å²) in [7, 11) is 0. The van der Waals surface area contributed by atoms with Crippen LogP contribution in [0.15, 0.2) is 12.2 Å². The van der Waals surface area contributed by atoms with E-state index in [1.807, 2.05) is 0 Å². The van der Waals surface area contributed by atoms with Gasteiger partial charge >= 0.3 is 5.97 Å². The molecule has 2 N–H and O–H groups in total. The van der Waals surface area contributed by atoms with Crippen molar-refractivity contribution in [2.75, 3.05) is 6.54 Å². The number of nitrogens with one attached hydrogen (secondary N) is 1. The van der Waals surface area contributed by atoms with Crippen molar-refractivity contribution in [3.8, 4) is 0 Å². The Morgan fingerprint density at radius 1 is 1.54 bits per heavy atom. The van der Waals surface area contributed by atoms with Gasteiger partial charge in [-0.15, -0.1) is 0 Å². The van der Waals surface area contributed by atoms with Crippen molar-refractivity contribution in [3.05, 3.63) is 12.2 Å². The molecule has 1 unspecified atom stereocenters. The van der Waals surface area contributed by atoms with Crippen molar-refractivity contribution < 1.29 is 9.90 Å². The highest BCUT2D eigenvalue weighted by atomic mass is 16.4. The maximum atomic E-state index is 10.1. The molecule has 0 heterocycles. The lowest BCUT2D eigenvalue weighted by atomic mass is 10.1. The highest BCUT2D eigenvalue weighted by Gasteiger charge is 2.01. The Hall–Kier alpha value is -0.830. The highest BCUT2D eigenvalue weighted by Crippen LogP contribution is 1.99. The molecule has 0 aliphatic heterocycles. The Kier molecular flexibility index (Phi) is 7.30. The van der Waals surface area contributed by atoms with E-state index in [1.165, 1.54) is 6.08 Å². The Balaban J connectivity index is 3.54. The predicted octanol–water partition coefficient (Wildman–Crippen LogP) is 1.80. The van der Waals surface area contributed by atoms with E-state index in [0.29, 0.717) is 12.6 Å². The molecule has 13 heavy (non-hydrogen) atoms. The van der Waals surface area contributed by atoms with E-state index in [2.05, 4.69) is 19.2 Å². The summed E-state index contributed by atoms with van der Waals surface area (Å²) >= 11 is 0. The van der Waals surface area contributed by atoms with Crippen molar-refractivity contribution >= 4 is 5.97 Å². The first-order valence-electron chi connectivity index (χ1n) is 4.83. The molecule has 0 rings (SSSR count). The Bertz CT molecular complexity index is 166. The van der Waals surface area contributed by atoms with Crippen LogP contribution in [-0.2, 0) is 4.79 Å². The van der Waals surface area contributed by atoms with E-state index in [0.717, 1.165) is 19.3 Å². The first-order valence-corrected chi connectivity index (χ1v) is 4.83. The average molecular weight is 185 g/mol. The molecule has 0 fully saturated rings. The average Bonchev–Trinajstić information content (AvgIpc) is 2.10. The van der Waals surface area contributed by atoms with E-state index in [9.17, 15) is 4.79 Å². The fourth-order valence-corrected chi connectivity index (χ4v) is 1.19. The van der Waals surface area contributed by atoms with Gasteiger partial charge in [0.2, 0.25) is 0 Å². The molecule has 0 aromatic carbocycles. The topological polar surface area (TPSA) is 49.3 Å². The van der Waals surface area contributed by atoms with E-state index < -0.39 is 5.97 Å². The lowest BCUT2D eigenvalue weighted by Gasteiger charge is -2.13. The molecular formula is C10H19NO2. The summed E-state index contributed by atoms with van der Waals surface area (Å²) in [6.07, 6.45) is 6.21. The lowest BCUT2D eigenvalue weighted by molar-refractivity contribution is -0.131. The van der Waals surface area contributed by atoms with Gasteiger partial charge in [-0.05, 0) is 12.8 Å². The number of carboxylic acid groups (broad SMARTS) is 1. The summed E-state index contributed by atoms with van der Waals surface area (Å²) in [5.41, 5.74) is 0. The van der Waals surface area contributed by atoms with E-state index >= 15 is 0 Å². The predicted molar refractivity (Wildman–Crippen MR) is 53.8 cm³/mol. The van der Waals surface area contributed by atoms with Crippen LogP contribution in [-0.4, -0.2) is 23.7 Å². The molecule has 0 saturated heterocycles. The van der Waals surface area contributed by atoms with Crippen LogP contribution in [0.2, 0.25) is 0 Å². The summed E-state index contributed by atoms with van der Waals surface area (Å²) < 4.78 is 0. The van der Waals surface area contributed by atoms with Gasteiger partial charge in [-0.25, -0.2) is 4.79 Å². The summed E-state index contributed by atoms with van der Waals surface area (Å²) in [5, 5.41) is 11.6. The molecule has 0 amide bonds. The van der Waals surface area contributed by atoms with Gasteiger partial charge in [0.05, 0.1) is 0 Å². The SMILES string of the molecule is CCCC(CC)NC/C=C/C(=O)O. The molecule has 0 saturated carbocycles. The third kappa shape index (κ3) is 7.53. The summed E-state index contributed by atoms with van der Waals surface area (Å²) in [6.45, 7) is 4.93.